The largest absolute Gasteiger partial charge is 0.480 e. The van der Waals surface area contributed by atoms with Gasteiger partial charge in [0.1, 0.15) is 36.6 Å². The van der Waals surface area contributed by atoms with Gasteiger partial charge in [0.05, 0.1) is 6.61 Å². The smallest absolute Gasteiger partial charge is 0.320 e. The van der Waals surface area contributed by atoms with Crippen molar-refractivity contribution in [2.45, 2.75) is 61.2 Å². The Morgan fingerprint density at radius 3 is 2.21 bits per heavy atom. The van der Waals surface area contributed by atoms with E-state index in [0.29, 0.717) is 12.0 Å². The Bertz CT molecular complexity index is 1190. The highest BCUT2D eigenvalue weighted by Gasteiger charge is 2.43. The maximum atomic E-state index is 10.4. The van der Waals surface area contributed by atoms with E-state index >= 15 is 0 Å². The first-order valence-electron chi connectivity index (χ1n) is 12.7. The van der Waals surface area contributed by atoms with Crippen LogP contribution in [-0.4, -0.2) is 74.8 Å². The van der Waals surface area contributed by atoms with Crippen LogP contribution >= 0.6 is 11.8 Å². The number of hydrogen-bond donors (Lipinski definition) is 6. The first-order chi connectivity index (χ1) is 18.6. The topological polar surface area (TPSA) is 153 Å². The molecule has 0 radical (unpaired) electrons. The highest BCUT2D eigenvalue weighted by atomic mass is 32.2. The molecule has 1 saturated heterocycles. The maximum absolute atomic E-state index is 10.4. The van der Waals surface area contributed by atoms with E-state index in [1.165, 1.54) is 10.5 Å². The van der Waals surface area contributed by atoms with E-state index in [9.17, 15) is 25.2 Å². The van der Waals surface area contributed by atoms with E-state index in [-0.39, 0.29) is 0 Å². The molecule has 3 aromatic rings. The number of nitrogens with two attached hydrogens (primary N) is 1. The normalized spacial score (nSPS) is 23.4. The van der Waals surface area contributed by atoms with Crippen LogP contribution in [0.25, 0.3) is 0 Å². The van der Waals surface area contributed by atoms with Gasteiger partial charge < -0.3 is 36.0 Å². The summed E-state index contributed by atoms with van der Waals surface area (Å²) in [6.45, 7) is 1.60. The lowest BCUT2D eigenvalue weighted by atomic mass is 9.89. The van der Waals surface area contributed by atoms with Crippen LogP contribution in [0.5, 0.6) is 0 Å². The molecule has 0 aromatic heterocycles. The van der Waals surface area contributed by atoms with E-state index in [4.69, 9.17) is 15.6 Å². The summed E-state index contributed by atoms with van der Waals surface area (Å²) in [4.78, 5) is 11.6. The molecule has 0 saturated carbocycles. The summed E-state index contributed by atoms with van der Waals surface area (Å²) in [5, 5.41) is 48.3. The number of ether oxygens (including phenoxy) is 1. The van der Waals surface area contributed by atoms with Crippen molar-refractivity contribution in [2.75, 3.05) is 12.9 Å². The molecule has 1 fully saturated rings. The van der Waals surface area contributed by atoms with Gasteiger partial charge in [-0.15, -0.1) is 11.8 Å². The van der Waals surface area contributed by atoms with E-state index < -0.39 is 49.1 Å². The molecule has 0 aliphatic carbocycles. The summed E-state index contributed by atoms with van der Waals surface area (Å²) in [6, 6.07) is 22.7. The monoisotopic (exact) mass is 555 g/mol. The Hall–Kier alpha value is -2.76. The summed E-state index contributed by atoms with van der Waals surface area (Å²) in [7, 11) is 0. The minimum absolute atomic E-state index is 0.385. The average molecular weight is 556 g/mol. The Morgan fingerprint density at radius 2 is 1.62 bits per heavy atom. The minimum atomic E-state index is -1.37. The van der Waals surface area contributed by atoms with Crippen LogP contribution in [0.2, 0.25) is 0 Å². The van der Waals surface area contributed by atoms with Gasteiger partial charge in [0, 0.05) is 4.90 Å². The quantitative estimate of drug-likeness (QED) is 0.230. The maximum Gasteiger partial charge on any atom is 0.320 e. The van der Waals surface area contributed by atoms with Crippen LogP contribution in [0.1, 0.15) is 33.9 Å². The van der Waals surface area contributed by atoms with Gasteiger partial charge in [-0.3, -0.25) is 4.79 Å². The molecule has 6 atom stereocenters. The van der Waals surface area contributed by atoms with Gasteiger partial charge in [-0.2, -0.15) is 0 Å². The van der Waals surface area contributed by atoms with E-state index in [0.717, 1.165) is 23.1 Å². The zero-order valence-corrected chi connectivity index (χ0v) is 22.9. The zero-order chi connectivity index (χ0) is 28.5. The van der Waals surface area contributed by atoms with E-state index in [1.54, 1.807) is 11.8 Å². The SMILES string of the molecule is CSc1ccc(Cc2cc([C@@H]3O[C@H](CO)[C@@H](O)[C@H](O)[C@H]3O)ccc2C)cc1.N[C@@H](Cc1ccccc1)C(=O)O. The van der Waals surface area contributed by atoms with Crippen LogP contribution in [0.4, 0.5) is 0 Å². The molecular formula is C30H37NO7S. The molecule has 3 aromatic carbocycles. The molecule has 0 unspecified atom stereocenters. The third kappa shape index (κ3) is 8.36. The lowest BCUT2D eigenvalue weighted by Gasteiger charge is -2.40. The predicted molar refractivity (Wildman–Crippen MR) is 151 cm³/mol. The number of aryl methyl sites for hydroxylation is 1. The first kappa shape index (κ1) is 30.8. The van der Waals surface area contributed by atoms with Crippen LogP contribution in [-0.2, 0) is 22.4 Å². The molecular weight excluding hydrogens is 518 g/mol. The number of aliphatic carboxylic acids is 1. The van der Waals surface area contributed by atoms with Crippen molar-refractivity contribution in [1.29, 1.82) is 0 Å². The molecule has 0 spiro atoms. The molecule has 4 rings (SSSR count). The number of carboxylic acid groups (broad SMARTS) is 1. The van der Waals surface area contributed by atoms with Gasteiger partial charge in [-0.05, 0) is 66.0 Å². The summed E-state index contributed by atoms with van der Waals surface area (Å²) in [5.41, 5.74) is 10.4. The number of hydrogen-bond acceptors (Lipinski definition) is 8. The van der Waals surface area contributed by atoms with Gasteiger partial charge >= 0.3 is 5.97 Å². The summed E-state index contributed by atoms with van der Waals surface area (Å²) < 4.78 is 5.68. The molecule has 9 heteroatoms. The molecule has 0 bridgehead atoms. The lowest BCUT2D eigenvalue weighted by Crippen LogP contribution is -2.55. The molecule has 1 heterocycles. The van der Waals surface area contributed by atoms with Crippen molar-refractivity contribution in [3.05, 3.63) is 101 Å². The molecule has 7 N–H and O–H groups in total. The Balaban J connectivity index is 0.000000293. The Labute approximate surface area is 233 Å². The van der Waals surface area contributed by atoms with Crippen molar-refractivity contribution >= 4 is 17.7 Å². The first-order valence-corrected chi connectivity index (χ1v) is 13.9. The highest BCUT2D eigenvalue weighted by molar-refractivity contribution is 7.98. The number of carboxylic acids is 1. The molecule has 39 heavy (non-hydrogen) atoms. The lowest BCUT2D eigenvalue weighted by molar-refractivity contribution is -0.231. The molecule has 1 aliphatic heterocycles. The number of rotatable bonds is 8. The summed E-state index contributed by atoms with van der Waals surface area (Å²) in [5.74, 6) is -0.959. The van der Waals surface area contributed by atoms with E-state index in [2.05, 4.69) is 24.3 Å². The molecule has 210 valence electrons. The van der Waals surface area contributed by atoms with Gasteiger partial charge in [0.2, 0.25) is 0 Å². The van der Waals surface area contributed by atoms with Crippen molar-refractivity contribution in [3.8, 4) is 0 Å². The summed E-state index contributed by atoms with van der Waals surface area (Å²) >= 11 is 1.70. The fourth-order valence-electron chi connectivity index (χ4n) is 4.35. The van der Waals surface area contributed by atoms with Crippen LogP contribution < -0.4 is 5.73 Å². The number of thioether (sulfide) groups is 1. The average Bonchev–Trinajstić information content (AvgIpc) is 2.94. The number of aliphatic hydroxyl groups is 4. The fourth-order valence-corrected chi connectivity index (χ4v) is 4.76. The third-order valence-electron chi connectivity index (χ3n) is 6.76. The summed E-state index contributed by atoms with van der Waals surface area (Å²) in [6.07, 6.45) is -2.52. The van der Waals surface area contributed by atoms with Crippen LogP contribution in [0, 0.1) is 6.92 Å². The van der Waals surface area contributed by atoms with Gasteiger partial charge in [-0.25, -0.2) is 0 Å². The van der Waals surface area contributed by atoms with Crippen LogP contribution in [0.3, 0.4) is 0 Å². The van der Waals surface area contributed by atoms with Gasteiger partial charge in [-0.1, -0.05) is 60.7 Å². The van der Waals surface area contributed by atoms with Crippen molar-refractivity contribution in [1.82, 2.24) is 0 Å². The third-order valence-corrected chi connectivity index (χ3v) is 7.51. The number of aliphatic hydroxyl groups excluding tert-OH is 4. The van der Waals surface area contributed by atoms with Crippen LogP contribution in [0.15, 0.2) is 77.7 Å². The van der Waals surface area contributed by atoms with Crippen molar-refractivity contribution < 1.29 is 35.1 Å². The Morgan fingerprint density at radius 1 is 0.949 bits per heavy atom. The molecule has 0 amide bonds. The zero-order valence-electron chi connectivity index (χ0n) is 22.1. The Kier molecular flexibility index (Phi) is 11.5. The molecule has 8 nitrogen and oxygen atoms in total. The van der Waals surface area contributed by atoms with E-state index in [1.807, 2.05) is 61.7 Å². The second kappa shape index (κ2) is 14.6. The highest BCUT2D eigenvalue weighted by Crippen LogP contribution is 2.33. The second-order valence-electron chi connectivity index (χ2n) is 9.59. The van der Waals surface area contributed by atoms with Gasteiger partial charge in [0.25, 0.3) is 0 Å². The number of benzene rings is 3. The fraction of sp³-hybridized carbons (Fsp3) is 0.367. The van der Waals surface area contributed by atoms with Crippen molar-refractivity contribution in [3.63, 3.8) is 0 Å². The predicted octanol–water partition coefficient (Wildman–Crippen LogP) is 2.46. The minimum Gasteiger partial charge on any atom is -0.480 e. The van der Waals surface area contributed by atoms with Crippen molar-refractivity contribution in [2.24, 2.45) is 5.73 Å². The standard InChI is InChI=1S/C21H26O5S.C9H11NO2/c1-12-3-6-14(21-20(25)19(24)18(23)17(11-22)26-21)10-15(12)9-13-4-7-16(27-2)8-5-13;10-8(9(11)12)6-7-4-2-1-3-5-7/h3-8,10,17-25H,9,11H2,1-2H3;1-5,8H,6,10H2,(H,11,12)/t17-,18-,19+,20-,21+;8-/m10/s1. The molecule has 1 aliphatic rings. The number of carbonyl (C=O) groups is 1. The van der Waals surface area contributed by atoms with Gasteiger partial charge in [0.15, 0.2) is 0 Å². The second-order valence-corrected chi connectivity index (χ2v) is 10.5.